The van der Waals surface area contributed by atoms with Gasteiger partial charge >= 0.3 is 0 Å². The maximum Gasteiger partial charge on any atom is 0.131 e. The molecule has 3 aromatic rings. The van der Waals surface area contributed by atoms with Gasteiger partial charge in [0.1, 0.15) is 5.82 Å². The maximum absolute atomic E-state index is 14.1. The second-order valence-corrected chi connectivity index (χ2v) is 6.35. The molecule has 3 heteroatoms. The number of rotatable bonds is 3. The lowest BCUT2D eigenvalue weighted by atomic mass is 9.94. The second-order valence-electron chi connectivity index (χ2n) is 6.35. The van der Waals surface area contributed by atoms with E-state index >= 15 is 0 Å². The SMILES string of the molecule is Fc1ccccc1-c1cccc(/C=C2/CCCN=C2c2cccnc2)c1. The summed E-state index contributed by atoms with van der Waals surface area (Å²) in [6.07, 6.45) is 7.82. The van der Waals surface area contributed by atoms with Crippen molar-refractivity contribution in [3.05, 3.63) is 95.6 Å². The van der Waals surface area contributed by atoms with Gasteiger partial charge in [0.25, 0.3) is 0 Å². The lowest BCUT2D eigenvalue weighted by Crippen LogP contribution is -2.11. The number of halogens is 1. The first-order chi connectivity index (χ1) is 12.8. The van der Waals surface area contributed by atoms with Gasteiger partial charge in [-0.1, -0.05) is 36.4 Å². The van der Waals surface area contributed by atoms with Crippen LogP contribution in [-0.4, -0.2) is 17.2 Å². The van der Waals surface area contributed by atoms with E-state index in [0.717, 1.165) is 41.8 Å². The molecule has 26 heavy (non-hydrogen) atoms. The zero-order chi connectivity index (χ0) is 17.8. The molecule has 0 N–H and O–H groups in total. The molecule has 2 aromatic carbocycles. The Morgan fingerprint density at radius 1 is 0.923 bits per heavy atom. The maximum atomic E-state index is 14.1. The quantitative estimate of drug-likeness (QED) is 0.612. The molecular weight excluding hydrogens is 323 g/mol. The van der Waals surface area contributed by atoms with Crippen LogP contribution in [0.15, 0.2) is 83.6 Å². The lowest BCUT2D eigenvalue weighted by Gasteiger charge is -2.16. The number of hydrogen-bond acceptors (Lipinski definition) is 2. The van der Waals surface area contributed by atoms with E-state index in [2.05, 4.69) is 11.1 Å². The van der Waals surface area contributed by atoms with E-state index in [0.29, 0.717) is 5.56 Å². The number of aromatic nitrogens is 1. The first kappa shape index (κ1) is 16.4. The van der Waals surface area contributed by atoms with Crippen molar-refractivity contribution >= 4 is 11.8 Å². The Bertz CT molecular complexity index is 974. The average molecular weight is 342 g/mol. The van der Waals surface area contributed by atoms with Crippen molar-refractivity contribution in [1.82, 2.24) is 4.98 Å². The Labute approximate surface area is 152 Å². The number of pyridine rings is 1. The number of benzene rings is 2. The molecule has 0 fully saturated rings. The van der Waals surface area contributed by atoms with Gasteiger partial charge in [-0.3, -0.25) is 9.98 Å². The third kappa shape index (κ3) is 3.47. The summed E-state index contributed by atoms with van der Waals surface area (Å²) in [4.78, 5) is 8.94. The largest absolute Gasteiger partial charge is 0.284 e. The van der Waals surface area contributed by atoms with Crippen LogP contribution in [0, 0.1) is 5.82 Å². The predicted octanol–water partition coefficient (Wildman–Crippen LogP) is 5.55. The summed E-state index contributed by atoms with van der Waals surface area (Å²) in [7, 11) is 0. The fourth-order valence-corrected chi connectivity index (χ4v) is 3.29. The van der Waals surface area contributed by atoms with Gasteiger partial charge in [-0.25, -0.2) is 4.39 Å². The molecule has 0 bridgehead atoms. The number of allylic oxidation sites excluding steroid dienone is 1. The van der Waals surface area contributed by atoms with Crippen LogP contribution in [0.25, 0.3) is 17.2 Å². The van der Waals surface area contributed by atoms with E-state index in [1.807, 2.05) is 54.7 Å². The first-order valence-corrected chi connectivity index (χ1v) is 8.82. The highest BCUT2D eigenvalue weighted by Crippen LogP contribution is 2.26. The molecule has 0 atom stereocenters. The van der Waals surface area contributed by atoms with Gasteiger partial charge in [0.2, 0.25) is 0 Å². The van der Waals surface area contributed by atoms with E-state index in [9.17, 15) is 4.39 Å². The van der Waals surface area contributed by atoms with E-state index in [1.54, 1.807) is 12.3 Å². The summed E-state index contributed by atoms with van der Waals surface area (Å²) < 4.78 is 14.1. The Balaban J connectivity index is 1.72. The van der Waals surface area contributed by atoms with Crippen molar-refractivity contribution in [1.29, 1.82) is 0 Å². The molecule has 0 spiro atoms. The summed E-state index contributed by atoms with van der Waals surface area (Å²) in [5.74, 6) is -0.201. The summed E-state index contributed by atoms with van der Waals surface area (Å²) in [5, 5.41) is 0. The average Bonchev–Trinajstić information content (AvgIpc) is 2.70. The minimum absolute atomic E-state index is 0.201. The molecule has 1 aliphatic rings. The van der Waals surface area contributed by atoms with Crippen molar-refractivity contribution in [2.45, 2.75) is 12.8 Å². The van der Waals surface area contributed by atoms with Gasteiger partial charge in [-0.15, -0.1) is 0 Å². The number of nitrogens with zero attached hydrogens (tertiary/aromatic N) is 2. The topological polar surface area (TPSA) is 25.2 Å². The minimum Gasteiger partial charge on any atom is -0.284 e. The van der Waals surface area contributed by atoms with Crippen LogP contribution < -0.4 is 0 Å². The Kier molecular flexibility index (Phi) is 4.69. The van der Waals surface area contributed by atoms with Crippen LogP contribution in [0.1, 0.15) is 24.0 Å². The number of hydrogen-bond donors (Lipinski definition) is 0. The van der Waals surface area contributed by atoms with Crippen molar-refractivity contribution in [3.8, 4) is 11.1 Å². The molecule has 0 radical (unpaired) electrons. The molecule has 0 saturated carbocycles. The molecule has 1 aromatic heterocycles. The van der Waals surface area contributed by atoms with Crippen LogP contribution in [-0.2, 0) is 0 Å². The van der Waals surface area contributed by atoms with Gasteiger partial charge in [-0.05, 0) is 59.9 Å². The zero-order valence-electron chi connectivity index (χ0n) is 14.4. The molecule has 0 amide bonds. The third-order valence-electron chi connectivity index (χ3n) is 4.53. The molecule has 4 rings (SSSR count). The standard InChI is InChI=1S/C23H19FN2/c24-22-11-2-1-10-21(22)18-7-3-6-17(14-18)15-19-8-5-13-26-23(19)20-9-4-12-25-16-20/h1-4,6-7,9-12,14-16H,5,8,13H2/b19-15-. The van der Waals surface area contributed by atoms with Gasteiger partial charge in [-0.2, -0.15) is 0 Å². The van der Waals surface area contributed by atoms with Crippen molar-refractivity contribution in [3.63, 3.8) is 0 Å². The summed E-state index contributed by atoms with van der Waals surface area (Å²) in [5.41, 5.74) is 5.82. The van der Waals surface area contributed by atoms with E-state index in [-0.39, 0.29) is 5.82 Å². The third-order valence-corrected chi connectivity index (χ3v) is 4.53. The molecular formula is C23H19FN2. The van der Waals surface area contributed by atoms with E-state index in [4.69, 9.17) is 4.99 Å². The Morgan fingerprint density at radius 3 is 2.65 bits per heavy atom. The normalized spacial score (nSPS) is 15.7. The molecule has 2 nitrogen and oxygen atoms in total. The van der Waals surface area contributed by atoms with Gasteiger partial charge in [0, 0.05) is 30.1 Å². The second kappa shape index (κ2) is 7.44. The number of aliphatic imine (C=N–C) groups is 1. The van der Waals surface area contributed by atoms with E-state index in [1.165, 1.54) is 11.6 Å². The first-order valence-electron chi connectivity index (χ1n) is 8.82. The molecule has 2 heterocycles. The van der Waals surface area contributed by atoms with Crippen molar-refractivity contribution in [2.75, 3.05) is 6.54 Å². The molecule has 128 valence electrons. The fraction of sp³-hybridized carbons (Fsp3) is 0.130. The van der Waals surface area contributed by atoms with Gasteiger partial charge in [0.15, 0.2) is 0 Å². The molecule has 0 aliphatic carbocycles. The van der Waals surface area contributed by atoms with Crippen LogP contribution >= 0.6 is 0 Å². The molecule has 1 aliphatic heterocycles. The highest BCUT2D eigenvalue weighted by atomic mass is 19.1. The summed E-state index contributed by atoms with van der Waals surface area (Å²) in [6, 6.07) is 18.8. The highest BCUT2D eigenvalue weighted by Gasteiger charge is 2.14. The van der Waals surface area contributed by atoms with Crippen LogP contribution in [0.4, 0.5) is 4.39 Å². The van der Waals surface area contributed by atoms with Gasteiger partial charge in [0.05, 0.1) is 5.71 Å². The van der Waals surface area contributed by atoms with E-state index < -0.39 is 0 Å². The predicted molar refractivity (Wildman–Crippen MR) is 105 cm³/mol. The summed E-state index contributed by atoms with van der Waals surface area (Å²) >= 11 is 0. The van der Waals surface area contributed by atoms with Crippen LogP contribution in [0.5, 0.6) is 0 Å². The lowest BCUT2D eigenvalue weighted by molar-refractivity contribution is 0.631. The monoisotopic (exact) mass is 342 g/mol. The smallest absolute Gasteiger partial charge is 0.131 e. The van der Waals surface area contributed by atoms with Crippen LogP contribution in [0.2, 0.25) is 0 Å². The Morgan fingerprint density at radius 2 is 1.81 bits per heavy atom. The Hall–Kier alpha value is -3.07. The summed E-state index contributed by atoms with van der Waals surface area (Å²) in [6.45, 7) is 0.844. The van der Waals surface area contributed by atoms with Gasteiger partial charge < -0.3 is 0 Å². The highest BCUT2D eigenvalue weighted by molar-refractivity contribution is 6.15. The van der Waals surface area contributed by atoms with Crippen molar-refractivity contribution < 1.29 is 4.39 Å². The van der Waals surface area contributed by atoms with Crippen molar-refractivity contribution in [2.24, 2.45) is 4.99 Å². The fourth-order valence-electron chi connectivity index (χ4n) is 3.29. The van der Waals surface area contributed by atoms with Crippen LogP contribution in [0.3, 0.4) is 0 Å². The zero-order valence-corrected chi connectivity index (χ0v) is 14.4. The molecule has 0 saturated heterocycles. The minimum atomic E-state index is -0.201. The molecule has 0 unspecified atom stereocenters.